The fraction of sp³-hybridized carbons (Fsp3) is 0.333. The van der Waals surface area contributed by atoms with E-state index in [4.69, 9.17) is 4.84 Å². The summed E-state index contributed by atoms with van der Waals surface area (Å²) in [6, 6.07) is 9.39. The molecular formula is C15H18N2O4. The fourth-order valence-electron chi connectivity index (χ4n) is 1.48. The first-order chi connectivity index (χ1) is 9.99. The van der Waals surface area contributed by atoms with Crippen molar-refractivity contribution in [2.75, 3.05) is 0 Å². The van der Waals surface area contributed by atoms with Crippen LogP contribution in [0.3, 0.4) is 0 Å². The molecule has 0 aliphatic carbocycles. The van der Waals surface area contributed by atoms with E-state index < -0.39 is 11.9 Å². The molecule has 21 heavy (non-hydrogen) atoms. The van der Waals surface area contributed by atoms with E-state index in [1.54, 1.807) is 6.92 Å². The van der Waals surface area contributed by atoms with E-state index in [0.717, 1.165) is 5.56 Å². The standard InChI is InChI=1S/C15H18N2O4/c1-11(16-20-12(2)18)9-10-15(17-21-13(3)19)14-7-5-4-6-8-14/h4-8H,9-10H2,1-3H3/b16-11+,17-15-. The minimum Gasteiger partial charge on any atom is -0.319 e. The Kier molecular flexibility index (Phi) is 6.80. The minimum absolute atomic E-state index is 0.466. The van der Waals surface area contributed by atoms with E-state index in [0.29, 0.717) is 24.3 Å². The van der Waals surface area contributed by atoms with Crippen LogP contribution in [0, 0.1) is 0 Å². The third-order valence-electron chi connectivity index (χ3n) is 2.45. The highest BCUT2D eigenvalue weighted by molar-refractivity contribution is 6.02. The Labute approximate surface area is 123 Å². The van der Waals surface area contributed by atoms with Crippen molar-refractivity contribution in [2.24, 2.45) is 10.3 Å². The van der Waals surface area contributed by atoms with Gasteiger partial charge in [0, 0.05) is 13.8 Å². The van der Waals surface area contributed by atoms with Gasteiger partial charge in [-0.05, 0) is 25.3 Å². The van der Waals surface area contributed by atoms with Gasteiger partial charge in [0.15, 0.2) is 0 Å². The van der Waals surface area contributed by atoms with Crippen LogP contribution < -0.4 is 0 Å². The molecule has 1 aromatic rings. The number of hydrogen-bond acceptors (Lipinski definition) is 6. The highest BCUT2D eigenvalue weighted by Crippen LogP contribution is 2.08. The van der Waals surface area contributed by atoms with E-state index in [-0.39, 0.29) is 0 Å². The zero-order valence-electron chi connectivity index (χ0n) is 12.3. The quantitative estimate of drug-likeness (QED) is 0.458. The number of benzene rings is 1. The first kappa shape index (κ1) is 16.6. The van der Waals surface area contributed by atoms with Crippen molar-refractivity contribution >= 4 is 23.4 Å². The van der Waals surface area contributed by atoms with Crippen molar-refractivity contribution in [2.45, 2.75) is 33.6 Å². The van der Waals surface area contributed by atoms with Gasteiger partial charge in [0.25, 0.3) is 0 Å². The Morgan fingerprint density at radius 3 is 2.05 bits per heavy atom. The molecule has 1 aromatic carbocycles. The van der Waals surface area contributed by atoms with Crippen molar-refractivity contribution < 1.29 is 19.3 Å². The molecular weight excluding hydrogens is 272 g/mol. The van der Waals surface area contributed by atoms with E-state index in [2.05, 4.69) is 15.1 Å². The van der Waals surface area contributed by atoms with Gasteiger partial charge >= 0.3 is 11.9 Å². The zero-order chi connectivity index (χ0) is 15.7. The molecule has 0 unspecified atom stereocenters. The summed E-state index contributed by atoms with van der Waals surface area (Å²) in [5.41, 5.74) is 2.14. The topological polar surface area (TPSA) is 77.3 Å². The fourth-order valence-corrected chi connectivity index (χ4v) is 1.48. The van der Waals surface area contributed by atoms with Crippen molar-refractivity contribution in [3.05, 3.63) is 35.9 Å². The monoisotopic (exact) mass is 290 g/mol. The molecule has 6 heteroatoms. The molecule has 112 valence electrons. The molecule has 0 aliphatic rings. The molecule has 6 nitrogen and oxygen atoms in total. The van der Waals surface area contributed by atoms with Crippen LogP contribution in [-0.4, -0.2) is 23.4 Å². The molecule has 0 N–H and O–H groups in total. The number of rotatable bonds is 6. The predicted molar refractivity (Wildman–Crippen MR) is 78.9 cm³/mol. The predicted octanol–water partition coefficient (Wildman–Crippen LogP) is 2.67. The van der Waals surface area contributed by atoms with Gasteiger partial charge in [-0.2, -0.15) is 0 Å². The van der Waals surface area contributed by atoms with Crippen LogP contribution in [0.4, 0.5) is 0 Å². The smallest absolute Gasteiger partial charge is 0.319 e. The zero-order valence-corrected chi connectivity index (χ0v) is 12.3. The lowest BCUT2D eigenvalue weighted by atomic mass is 10.0. The number of oxime groups is 2. The highest BCUT2D eigenvalue weighted by atomic mass is 16.7. The average Bonchev–Trinajstić information content (AvgIpc) is 2.45. The van der Waals surface area contributed by atoms with E-state index in [1.165, 1.54) is 13.8 Å². The van der Waals surface area contributed by atoms with Crippen molar-refractivity contribution in [3.8, 4) is 0 Å². The molecule has 0 fully saturated rings. The summed E-state index contributed by atoms with van der Waals surface area (Å²) in [6.07, 6.45) is 1.04. The molecule has 0 bridgehead atoms. The Morgan fingerprint density at radius 1 is 0.905 bits per heavy atom. The second kappa shape index (κ2) is 8.63. The largest absolute Gasteiger partial charge is 0.331 e. The number of carbonyl (C=O) groups is 2. The summed E-state index contributed by atoms with van der Waals surface area (Å²) in [4.78, 5) is 30.8. The Bertz CT molecular complexity index is 550. The van der Waals surface area contributed by atoms with Crippen LogP contribution in [0.15, 0.2) is 40.6 Å². The summed E-state index contributed by atoms with van der Waals surface area (Å²) in [5, 5.41) is 7.55. The molecule has 1 rings (SSSR count). The Morgan fingerprint density at radius 2 is 1.48 bits per heavy atom. The highest BCUT2D eigenvalue weighted by Gasteiger charge is 2.07. The van der Waals surface area contributed by atoms with Crippen LogP contribution in [0.2, 0.25) is 0 Å². The summed E-state index contributed by atoms with van der Waals surface area (Å²) >= 11 is 0. The van der Waals surface area contributed by atoms with Gasteiger partial charge in [-0.3, -0.25) is 0 Å². The third kappa shape index (κ3) is 7.00. The maximum atomic E-state index is 10.9. The second-order valence-electron chi connectivity index (χ2n) is 4.40. The van der Waals surface area contributed by atoms with Gasteiger partial charge in [0.1, 0.15) is 0 Å². The maximum absolute atomic E-state index is 10.9. The second-order valence-corrected chi connectivity index (χ2v) is 4.40. The van der Waals surface area contributed by atoms with Gasteiger partial charge in [0.05, 0.1) is 11.4 Å². The van der Waals surface area contributed by atoms with Crippen molar-refractivity contribution in [1.82, 2.24) is 0 Å². The minimum atomic E-state index is -0.478. The normalized spacial score (nSPS) is 12.0. The maximum Gasteiger partial charge on any atom is 0.331 e. The first-order valence-corrected chi connectivity index (χ1v) is 6.50. The molecule has 0 aliphatic heterocycles. The van der Waals surface area contributed by atoms with Crippen molar-refractivity contribution in [3.63, 3.8) is 0 Å². The molecule has 0 aromatic heterocycles. The van der Waals surface area contributed by atoms with Gasteiger partial charge in [-0.25, -0.2) is 9.59 Å². The van der Waals surface area contributed by atoms with Gasteiger partial charge in [-0.15, -0.1) is 0 Å². The molecule has 0 amide bonds. The Balaban J connectivity index is 2.75. The Hall–Kier alpha value is -2.50. The summed E-state index contributed by atoms with van der Waals surface area (Å²) < 4.78 is 0. The lowest BCUT2D eigenvalue weighted by molar-refractivity contribution is -0.141. The summed E-state index contributed by atoms with van der Waals surface area (Å²) in [5.74, 6) is -0.944. The summed E-state index contributed by atoms with van der Waals surface area (Å²) in [6.45, 7) is 4.32. The first-order valence-electron chi connectivity index (χ1n) is 6.50. The van der Waals surface area contributed by atoms with E-state index >= 15 is 0 Å². The molecule has 0 heterocycles. The number of carbonyl (C=O) groups excluding carboxylic acids is 2. The van der Waals surface area contributed by atoms with Gasteiger partial charge < -0.3 is 9.68 Å². The van der Waals surface area contributed by atoms with Crippen molar-refractivity contribution in [1.29, 1.82) is 0 Å². The van der Waals surface area contributed by atoms with E-state index in [9.17, 15) is 9.59 Å². The van der Waals surface area contributed by atoms with Crippen LogP contribution in [0.1, 0.15) is 39.2 Å². The molecule has 0 saturated carbocycles. The lowest BCUT2D eigenvalue weighted by Gasteiger charge is -2.05. The van der Waals surface area contributed by atoms with Gasteiger partial charge in [0.2, 0.25) is 0 Å². The van der Waals surface area contributed by atoms with Crippen LogP contribution in [-0.2, 0) is 19.3 Å². The van der Waals surface area contributed by atoms with Gasteiger partial charge in [-0.1, -0.05) is 40.6 Å². The van der Waals surface area contributed by atoms with Crippen LogP contribution in [0.25, 0.3) is 0 Å². The SMILES string of the molecule is CC(=O)O/N=C(/CC/C(C)=N/OC(C)=O)c1ccccc1. The third-order valence-corrected chi connectivity index (χ3v) is 2.45. The molecule has 0 spiro atoms. The number of hydrogen-bond donors (Lipinski definition) is 0. The summed E-state index contributed by atoms with van der Waals surface area (Å²) in [7, 11) is 0. The molecule has 0 saturated heterocycles. The molecule has 0 atom stereocenters. The molecule has 0 radical (unpaired) electrons. The number of nitrogens with zero attached hydrogens (tertiary/aromatic N) is 2. The van der Waals surface area contributed by atoms with Crippen LogP contribution in [0.5, 0.6) is 0 Å². The van der Waals surface area contributed by atoms with E-state index in [1.807, 2.05) is 30.3 Å². The lowest BCUT2D eigenvalue weighted by Crippen LogP contribution is -2.07. The average molecular weight is 290 g/mol. The van der Waals surface area contributed by atoms with Crippen LogP contribution >= 0.6 is 0 Å².